The van der Waals surface area contributed by atoms with E-state index in [0.717, 1.165) is 16.5 Å². The molecule has 1 unspecified atom stereocenters. The maximum Gasteiger partial charge on any atom is 0.328 e. The van der Waals surface area contributed by atoms with Gasteiger partial charge in [0, 0.05) is 17.4 Å². The standard InChI is InChI=1S/C26H19Cl4N3O3/c1-36-25(34)22(32-26(35)33-24-18(29)6-3-7-19(24)30)13-14-8-10-20-15(12-14)9-11-21(31-20)23-16(27)4-2-5-17(23)28/h2-12,22H,13H2,1H3,(H2,32,33,35). The smallest absolute Gasteiger partial charge is 0.328 e. The molecule has 0 bridgehead atoms. The summed E-state index contributed by atoms with van der Waals surface area (Å²) in [5, 5.41) is 7.60. The molecule has 1 heterocycles. The van der Waals surface area contributed by atoms with Gasteiger partial charge in [-0.1, -0.05) is 70.7 Å². The van der Waals surface area contributed by atoms with E-state index in [1.165, 1.54) is 7.11 Å². The second kappa shape index (κ2) is 11.4. The van der Waals surface area contributed by atoms with Gasteiger partial charge in [-0.05, 0) is 48.0 Å². The van der Waals surface area contributed by atoms with Crippen molar-refractivity contribution in [3.05, 3.63) is 92.4 Å². The van der Waals surface area contributed by atoms with E-state index in [9.17, 15) is 9.59 Å². The molecule has 4 aromatic rings. The molecule has 3 aromatic carbocycles. The predicted molar refractivity (Wildman–Crippen MR) is 145 cm³/mol. The Labute approximate surface area is 227 Å². The fraction of sp³-hybridized carbons (Fsp3) is 0.115. The topological polar surface area (TPSA) is 80.3 Å². The Kier molecular flexibility index (Phi) is 8.21. The van der Waals surface area contributed by atoms with E-state index in [4.69, 9.17) is 51.1 Å². The maximum absolute atomic E-state index is 12.6. The molecule has 0 aliphatic rings. The first kappa shape index (κ1) is 26.0. The van der Waals surface area contributed by atoms with Gasteiger partial charge in [0.2, 0.25) is 0 Å². The summed E-state index contributed by atoms with van der Waals surface area (Å²) in [6.45, 7) is 0. The minimum atomic E-state index is -0.956. The number of anilines is 1. The van der Waals surface area contributed by atoms with Crippen LogP contribution >= 0.6 is 46.4 Å². The molecule has 184 valence electrons. The fourth-order valence-electron chi connectivity index (χ4n) is 3.68. The number of nitrogens with one attached hydrogen (secondary N) is 2. The van der Waals surface area contributed by atoms with Crippen molar-refractivity contribution in [1.29, 1.82) is 0 Å². The number of aromatic nitrogens is 1. The number of halogens is 4. The summed E-state index contributed by atoms with van der Waals surface area (Å²) in [4.78, 5) is 29.7. The Morgan fingerprint density at radius 2 is 1.53 bits per heavy atom. The minimum absolute atomic E-state index is 0.185. The van der Waals surface area contributed by atoms with Crippen molar-refractivity contribution in [1.82, 2.24) is 10.3 Å². The van der Waals surface area contributed by atoms with Gasteiger partial charge in [-0.15, -0.1) is 0 Å². The number of rotatable bonds is 6. The Balaban J connectivity index is 1.55. The highest BCUT2D eigenvalue weighted by molar-refractivity contribution is 6.40. The van der Waals surface area contributed by atoms with E-state index >= 15 is 0 Å². The van der Waals surface area contributed by atoms with Gasteiger partial charge in [0.15, 0.2) is 0 Å². The number of pyridine rings is 1. The zero-order valence-corrected chi connectivity index (χ0v) is 21.8. The monoisotopic (exact) mass is 561 g/mol. The van der Waals surface area contributed by atoms with Gasteiger partial charge in [-0.2, -0.15) is 0 Å². The second-order valence-electron chi connectivity index (χ2n) is 7.80. The van der Waals surface area contributed by atoms with Crippen LogP contribution in [0.3, 0.4) is 0 Å². The van der Waals surface area contributed by atoms with Crippen molar-refractivity contribution in [3.63, 3.8) is 0 Å². The summed E-state index contributed by atoms with van der Waals surface area (Å²) in [7, 11) is 1.26. The number of urea groups is 1. The van der Waals surface area contributed by atoms with Crippen LogP contribution in [0, 0.1) is 0 Å². The molecule has 2 N–H and O–H groups in total. The highest BCUT2D eigenvalue weighted by atomic mass is 35.5. The van der Waals surface area contributed by atoms with E-state index < -0.39 is 18.0 Å². The number of ether oxygens (including phenoxy) is 1. The largest absolute Gasteiger partial charge is 0.467 e. The molecular formula is C26H19Cl4N3O3. The molecule has 1 aromatic heterocycles. The van der Waals surface area contributed by atoms with Gasteiger partial charge in [-0.3, -0.25) is 0 Å². The van der Waals surface area contributed by atoms with E-state index in [0.29, 0.717) is 21.3 Å². The SMILES string of the molecule is COC(=O)C(Cc1ccc2nc(-c3c(Cl)cccc3Cl)ccc2c1)NC(=O)Nc1c(Cl)cccc1Cl. The van der Waals surface area contributed by atoms with E-state index in [-0.39, 0.29) is 22.2 Å². The lowest BCUT2D eigenvalue weighted by atomic mass is 10.0. The van der Waals surface area contributed by atoms with E-state index in [1.54, 1.807) is 36.4 Å². The third-order valence-corrected chi connectivity index (χ3v) is 6.66. The summed E-state index contributed by atoms with van der Waals surface area (Å²) in [6.07, 6.45) is 0.185. The lowest BCUT2D eigenvalue weighted by Gasteiger charge is -2.18. The number of amides is 2. The van der Waals surface area contributed by atoms with Gasteiger partial charge in [0.1, 0.15) is 6.04 Å². The van der Waals surface area contributed by atoms with Crippen LogP contribution in [0.1, 0.15) is 5.56 Å². The Bertz CT molecular complexity index is 1420. The van der Waals surface area contributed by atoms with Crippen LogP contribution in [0.2, 0.25) is 20.1 Å². The summed E-state index contributed by atoms with van der Waals surface area (Å²) in [5.41, 5.74) is 3.06. The van der Waals surface area contributed by atoms with Gasteiger partial charge < -0.3 is 15.4 Å². The molecule has 0 saturated heterocycles. The van der Waals surface area contributed by atoms with Crippen LogP contribution in [0.25, 0.3) is 22.2 Å². The van der Waals surface area contributed by atoms with Crippen molar-refractivity contribution >= 4 is 75.0 Å². The maximum atomic E-state index is 12.6. The predicted octanol–water partition coefficient (Wildman–Crippen LogP) is 7.42. The average Bonchev–Trinajstić information content (AvgIpc) is 2.85. The molecule has 1 atom stereocenters. The van der Waals surface area contributed by atoms with Crippen LogP contribution in [0.5, 0.6) is 0 Å². The zero-order chi connectivity index (χ0) is 25.8. The molecule has 10 heteroatoms. The molecule has 36 heavy (non-hydrogen) atoms. The van der Waals surface area contributed by atoms with Crippen molar-refractivity contribution in [3.8, 4) is 11.3 Å². The second-order valence-corrected chi connectivity index (χ2v) is 9.42. The first-order valence-corrected chi connectivity index (χ1v) is 12.2. The number of carbonyl (C=O) groups is 2. The number of methoxy groups -OCH3 is 1. The Morgan fingerprint density at radius 3 is 2.17 bits per heavy atom. The summed E-state index contributed by atoms with van der Waals surface area (Å²) in [6, 6.07) is 17.8. The number of hydrogen-bond acceptors (Lipinski definition) is 4. The Morgan fingerprint density at radius 1 is 0.889 bits per heavy atom. The minimum Gasteiger partial charge on any atom is -0.467 e. The van der Waals surface area contributed by atoms with Crippen LogP contribution in [-0.2, 0) is 16.0 Å². The van der Waals surface area contributed by atoms with Crippen molar-refractivity contribution < 1.29 is 14.3 Å². The molecule has 4 rings (SSSR count). The quantitative estimate of drug-likeness (QED) is 0.239. The molecular weight excluding hydrogens is 544 g/mol. The van der Waals surface area contributed by atoms with Crippen molar-refractivity contribution in [2.24, 2.45) is 0 Å². The molecule has 0 aliphatic heterocycles. The average molecular weight is 563 g/mol. The van der Waals surface area contributed by atoms with E-state index in [2.05, 4.69) is 15.6 Å². The third kappa shape index (κ3) is 5.85. The summed E-state index contributed by atoms with van der Waals surface area (Å²) >= 11 is 24.9. The number of fused-ring (bicyclic) bond motifs is 1. The van der Waals surface area contributed by atoms with Gasteiger partial charge >= 0.3 is 12.0 Å². The highest BCUT2D eigenvalue weighted by Crippen LogP contribution is 2.34. The third-order valence-electron chi connectivity index (χ3n) is 5.40. The first-order chi connectivity index (χ1) is 17.3. The lowest BCUT2D eigenvalue weighted by molar-refractivity contribution is -0.142. The number of carbonyl (C=O) groups excluding carboxylic acids is 2. The van der Waals surface area contributed by atoms with Crippen LogP contribution in [-0.4, -0.2) is 30.1 Å². The number of benzene rings is 3. The summed E-state index contributed by atoms with van der Waals surface area (Å²) < 4.78 is 4.89. The molecule has 2 amide bonds. The van der Waals surface area contributed by atoms with E-state index in [1.807, 2.05) is 30.3 Å². The molecule has 0 fully saturated rings. The number of esters is 1. The van der Waals surface area contributed by atoms with Crippen molar-refractivity contribution in [2.75, 3.05) is 12.4 Å². The van der Waals surface area contributed by atoms with Gasteiger partial charge in [0.05, 0.1) is 44.1 Å². The normalized spacial score (nSPS) is 11.7. The van der Waals surface area contributed by atoms with Crippen molar-refractivity contribution in [2.45, 2.75) is 12.5 Å². The number of nitrogens with zero attached hydrogens (tertiary/aromatic N) is 1. The number of para-hydroxylation sites is 1. The number of hydrogen-bond donors (Lipinski definition) is 2. The van der Waals surface area contributed by atoms with Crippen LogP contribution in [0.4, 0.5) is 10.5 Å². The lowest BCUT2D eigenvalue weighted by Crippen LogP contribution is -2.45. The molecule has 0 saturated carbocycles. The zero-order valence-electron chi connectivity index (χ0n) is 18.8. The van der Waals surface area contributed by atoms with Gasteiger partial charge in [-0.25, -0.2) is 14.6 Å². The first-order valence-electron chi connectivity index (χ1n) is 10.7. The fourth-order valence-corrected chi connectivity index (χ4v) is 4.76. The van der Waals surface area contributed by atoms with Crippen LogP contribution in [0.15, 0.2) is 66.7 Å². The van der Waals surface area contributed by atoms with Gasteiger partial charge in [0.25, 0.3) is 0 Å². The molecule has 0 aliphatic carbocycles. The molecule has 0 spiro atoms. The molecule has 6 nitrogen and oxygen atoms in total. The highest BCUT2D eigenvalue weighted by Gasteiger charge is 2.23. The summed E-state index contributed by atoms with van der Waals surface area (Å²) in [5.74, 6) is -0.600. The van der Waals surface area contributed by atoms with Crippen LogP contribution < -0.4 is 10.6 Å². The Hall–Kier alpha value is -3.03. The molecule has 0 radical (unpaired) electrons.